The summed E-state index contributed by atoms with van der Waals surface area (Å²) in [4.78, 5) is 0. The largest absolute Gasteiger partial charge is 0.409 e. The van der Waals surface area contributed by atoms with E-state index in [0.29, 0.717) is 6.42 Å². The van der Waals surface area contributed by atoms with E-state index >= 15 is 0 Å². The molecule has 0 aliphatic heterocycles. The first-order valence-electron chi connectivity index (χ1n) is 4.36. The summed E-state index contributed by atoms with van der Waals surface area (Å²) in [6.45, 7) is 0.851. The molecule has 0 saturated carbocycles. The minimum absolute atomic E-state index is 0.284. The number of amidine groups is 1. The van der Waals surface area contributed by atoms with Crippen molar-refractivity contribution in [1.82, 2.24) is 9.78 Å². The molecule has 78 valence electrons. The fourth-order valence-corrected chi connectivity index (χ4v) is 1.42. The van der Waals surface area contributed by atoms with Crippen LogP contribution in [-0.4, -0.2) is 20.8 Å². The summed E-state index contributed by atoms with van der Waals surface area (Å²) in [5, 5.41) is 15.3. The third-order valence-electron chi connectivity index (χ3n) is 1.80. The van der Waals surface area contributed by atoms with E-state index in [-0.39, 0.29) is 5.84 Å². The van der Waals surface area contributed by atoms with Gasteiger partial charge in [-0.2, -0.15) is 5.10 Å². The molecule has 0 spiro atoms. The number of halogens is 1. The van der Waals surface area contributed by atoms with E-state index in [0.717, 1.165) is 23.9 Å². The van der Waals surface area contributed by atoms with E-state index in [1.54, 1.807) is 6.20 Å². The van der Waals surface area contributed by atoms with Crippen molar-refractivity contribution in [2.45, 2.75) is 25.8 Å². The van der Waals surface area contributed by atoms with Gasteiger partial charge in [0.25, 0.3) is 0 Å². The molecule has 1 heterocycles. The Balaban J connectivity index is 2.16. The van der Waals surface area contributed by atoms with E-state index < -0.39 is 0 Å². The Hall–Kier alpha value is -1.04. The molecular formula is C8H13BrN4O. The van der Waals surface area contributed by atoms with Crippen LogP contribution in [0.2, 0.25) is 0 Å². The van der Waals surface area contributed by atoms with Gasteiger partial charge in [-0.1, -0.05) is 5.16 Å². The van der Waals surface area contributed by atoms with Gasteiger partial charge >= 0.3 is 0 Å². The lowest BCUT2D eigenvalue weighted by Crippen LogP contribution is -2.11. The van der Waals surface area contributed by atoms with Gasteiger partial charge in [0, 0.05) is 19.2 Å². The van der Waals surface area contributed by atoms with Gasteiger partial charge in [0.2, 0.25) is 0 Å². The molecule has 1 aromatic rings. The number of hydrogen-bond acceptors (Lipinski definition) is 3. The van der Waals surface area contributed by atoms with Crippen LogP contribution in [0.4, 0.5) is 0 Å². The second kappa shape index (κ2) is 5.64. The Morgan fingerprint density at radius 2 is 2.43 bits per heavy atom. The zero-order chi connectivity index (χ0) is 10.4. The topological polar surface area (TPSA) is 76.4 Å². The van der Waals surface area contributed by atoms with Crippen LogP contribution >= 0.6 is 15.9 Å². The molecule has 1 aromatic heterocycles. The third-order valence-corrected chi connectivity index (χ3v) is 2.21. The molecule has 0 bridgehead atoms. The molecular weight excluding hydrogens is 248 g/mol. The van der Waals surface area contributed by atoms with Crippen LogP contribution in [0.15, 0.2) is 22.0 Å². The Morgan fingerprint density at radius 1 is 1.64 bits per heavy atom. The fourth-order valence-electron chi connectivity index (χ4n) is 1.09. The van der Waals surface area contributed by atoms with Gasteiger partial charge in [-0.15, -0.1) is 0 Å². The first-order chi connectivity index (χ1) is 6.72. The van der Waals surface area contributed by atoms with Crippen LogP contribution in [0.1, 0.15) is 19.3 Å². The van der Waals surface area contributed by atoms with Crippen molar-refractivity contribution < 1.29 is 5.21 Å². The molecule has 0 aliphatic rings. The first kappa shape index (κ1) is 11.0. The van der Waals surface area contributed by atoms with Crippen molar-refractivity contribution in [2.24, 2.45) is 10.9 Å². The molecule has 0 amide bonds. The highest BCUT2D eigenvalue weighted by Gasteiger charge is 1.96. The van der Waals surface area contributed by atoms with Crippen LogP contribution in [-0.2, 0) is 6.54 Å². The van der Waals surface area contributed by atoms with Crippen LogP contribution in [0.3, 0.4) is 0 Å². The van der Waals surface area contributed by atoms with Gasteiger partial charge in [-0.05, 0) is 28.8 Å². The van der Waals surface area contributed by atoms with Crippen molar-refractivity contribution in [3.8, 4) is 0 Å². The average Bonchev–Trinajstić information content (AvgIpc) is 2.58. The van der Waals surface area contributed by atoms with Crippen molar-refractivity contribution in [3.05, 3.63) is 16.9 Å². The minimum Gasteiger partial charge on any atom is -0.409 e. The van der Waals surface area contributed by atoms with Crippen LogP contribution in [0.5, 0.6) is 0 Å². The third kappa shape index (κ3) is 3.78. The number of aryl methyl sites for hydroxylation is 1. The quantitative estimate of drug-likeness (QED) is 0.277. The lowest BCUT2D eigenvalue weighted by Gasteiger charge is -2.00. The summed E-state index contributed by atoms with van der Waals surface area (Å²) in [5.74, 6) is 0.284. The van der Waals surface area contributed by atoms with E-state index in [9.17, 15) is 0 Å². The monoisotopic (exact) mass is 260 g/mol. The highest BCUT2D eigenvalue weighted by Crippen LogP contribution is 2.07. The first-order valence-corrected chi connectivity index (χ1v) is 5.16. The Bertz CT molecular complexity index is 310. The molecule has 6 heteroatoms. The summed E-state index contributed by atoms with van der Waals surface area (Å²) in [5.41, 5.74) is 5.33. The normalized spacial score (nSPS) is 11.9. The van der Waals surface area contributed by atoms with Gasteiger partial charge in [0.1, 0.15) is 5.84 Å². The smallest absolute Gasteiger partial charge is 0.139 e. The SMILES string of the molecule is NC(CCCCn1cc(Br)cn1)=NO. The van der Waals surface area contributed by atoms with Gasteiger partial charge in [-0.25, -0.2) is 0 Å². The molecule has 0 saturated heterocycles. The minimum atomic E-state index is 0.284. The fraction of sp³-hybridized carbons (Fsp3) is 0.500. The number of oxime groups is 1. The number of hydrogen-bond donors (Lipinski definition) is 2. The molecule has 0 unspecified atom stereocenters. The number of nitrogens with two attached hydrogens (primary N) is 1. The maximum atomic E-state index is 8.29. The van der Waals surface area contributed by atoms with Gasteiger partial charge in [-0.3, -0.25) is 4.68 Å². The summed E-state index contributed by atoms with van der Waals surface area (Å²) in [7, 11) is 0. The maximum Gasteiger partial charge on any atom is 0.139 e. The Morgan fingerprint density at radius 3 is 3.00 bits per heavy atom. The Labute approximate surface area is 90.7 Å². The van der Waals surface area contributed by atoms with Crippen LogP contribution in [0, 0.1) is 0 Å². The van der Waals surface area contributed by atoms with Crippen LogP contribution in [0.25, 0.3) is 0 Å². The Kier molecular flexibility index (Phi) is 4.45. The molecule has 5 nitrogen and oxygen atoms in total. The molecule has 0 atom stereocenters. The predicted molar refractivity (Wildman–Crippen MR) is 57.2 cm³/mol. The zero-order valence-electron chi connectivity index (χ0n) is 7.73. The summed E-state index contributed by atoms with van der Waals surface area (Å²) < 4.78 is 2.84. The molecule has 0 fully saturated rings. The lowest BCUT2D eigenvalue weighted by atomic mass is 10.2. The van der Waals surface area contributed by atoms with Crippen molar-refractivity contribution in [1.29, 1.82) is 0 Å². The van der Waals surface area contributed by atoms with E-state index in [1.165, 1.54) is 0 Å². The lowest BCUT2D eigenvalue weighted by molar-refractivity contribution is 0.316. The summed E-state index contributed by atoms with van der Waals surface area (Å²) >= 11 is 3.32. The second-order valence-electron chi connectivity index (χ2n) is 2.97. The van der Waals surface area contributed by atoms with Gasteiger partial charge < -0.3 is 10.9 Å². The molecule has 0 aromatic carbocycles. The van der Waals surface area contributed by atoms with E-state index in [1.807, 2.05) is 10.9 Å². The standard InChI is InChI=1S/C8H13BrN4O/c9-7-5-11-13(6-7)4-2-1-3-8(10)12-14/h5-6,14H,1-4H2,(H2,10,12). The van der Waals surface area contributed by atoms with Crippen molar-refractivity contribution in [3.63, 3.8) is 0 Å². The molecule has 3 N–H and O–H groups in total. The highest BCUT2D eigenvalue weighted by molar-refractivity contribution is 9.10. The molecule has 0 aliphatic carbocycles. The van der Waals surface area contributed by atoms with E-state index in [2.05, 4.69) is 26.2 Å². The predicted octanol–water partition coefficient (Wildman–Crippen LogP) is 1.56. The molecule has 0 radical (unpaired) electrons. The molecule has 1 rings (SSSR count). The highest BCUT2D eigenvalue weighted by atomic mass is 79.9. The van der Waals surface area contributed by atoms with Crippen LogP contribution < -0.4 is 5.73 Å². The average molecular weight is 261 g/mol. The number of unbranched alkanes of at least 4 members (excludes halogenated alkanes) is 1. The summed E-state index contributed by atoms with van der Waals surface area (Å²) in [6.07, 6.45) is 6.16. The maximum absolute atomic E-state index is 8.29. The van der Waals surface area contributed by atoms with Gasteiger partial charge in [0.05, 0.1) is 10.7 Å². The summed E-state index contributed by atoms with van der Waals surface area (Å²) in [6, 6.07) is 0. The second-order valence-corrected chi connectivity index (χ2v) is 3.89. The van der Waals surface area contributed by atoms with Crippen molar-refractivity contribution in [2.75, 3.05) is 0 Å². The zero-order valence-corrected chi connectivity index (χ0v) is 9.31. The van der Waals surface area contributed by atoms with Crippen molar-refractivity contribution >= 4 is 21.8 Å². The van der Waals surface area contributed by atoms with E-state index in [4.69, 9.17) is 10.9 Å². The number of nitrogens with zero attached hydrogens (tertiary/aromatic N) is 3. The number of rotatable bonds is 5. The van der Waals surface area contributed by atoms with Gasteiger partial charge in [0.15, 0.2) is 0 Å². The number of aromatic nitrogens is 2. The molecule has 14 heavy (non-hydrogen) atoms.